The van der Waals surface area contributed by atoms with Crippen LogP contribution in [-0.2, 0) is 10.2 Å². The molecule has 7 heteroatoms. The number of hydrogen-bond acceptors (Lipinski definition) is 3. The van der Waals surface area contributed by atoms with E-state index in [4.69, 9.17) is 21.8 Å². The average Bonchev–Trinajstić information content (AvgIpc) is 1.94. The van der Waals surface area contributed by atoms with Crippen LogP contribution in [-0.4, -0.2) is 13.5 Å². The molecule has 0 saturated heterocycles. The van der Waals surface area contributed by atoms with Crippen molar-refractivity contribution in [2.24, 2.45) is 5.14 Å². The monoisotopic (exact) mass is 222 g/mol. The molecule has 1 aromatic carbocycles. The van der Waals surface area contributed by atoms with Crippen molar-refractivity contribution >= 4 is 27.5 Å². The van der Waals surface area contributed by atoms with Crippen molar-refractivity contribution in [3.63, 3.8) is 0 Å². The quantitative estimate of drug-likeness (QED) is 0.642. The Morgan fingerprint density at radius 2 is 2.08 bits per heavy atom. The molecule has 0 unspecified atom stereocenters. The van der Waals surface area contributed by atoms with Gasteiger partial charge in [-0.1, -0.05) is 11.6 Å². The molecule has 0 radical (unpaired) electrons. The number of anilines is 1. The molecule has 0 bridgehead atoms. The smallest absolute Gasteiger partial charge is 0.296 e. The lowest BCUT2D eigenvalue weighted by Gasteiger charge is -2.03. The predicted octanol–water partition coefficient (Wildman–Crippen LogP) is 0.661. The van der Waals surface area contributed by atoms with Crippen LogP contribution in [0.25, 0.3) is 0 Å². The Hall–Kier alpha value is -0.980. The summed E-state index contributed by atoms with van der Waals surface area (Å²) in [6.45, 7) is 0. The Morgan fingerprint density at radius 3 is 2.54 bits per heavy atom. The molecular weight excluding hydrogens is 216 g/mol. The molecule has 0 aromatic heterocycles. The normalized spacial score (nSPS) is 11.2. The topological polar surface area (TPSA) is 92.4 Å². The highest BCUT2D eigenvalue weighted by atomic mass is 35.5. The summed E-state index contributed by atoms with van der Waals surface area (Å²) in [4.78, 5) is 0. The van der Waals surface area contributed by atoms with Crippen LogP contribution in [0.4, 0.5) is 5.69 Å². The lowest BCUT2D eigenvalue weighted by Crippen LogP contribution is -2.21. The Labute approximate surface area is 80.3 Å². The van der Waals surface area contributed by atoms with Gasteiger partial charge < -0.3 is 5.11 Å². The van der Waals surface area contributed by atoms with E-state index in [9.17, 15) is 8.42 Å². The zero-order valence-corrected chi connectivity index (χ0v) is 7.93. The van der Waals surface area contributed by atoms with Gasteiger partial charge in [0.05, 0.1) is 10.7 Å². The van der Waals surface area contributed by atoms with E-state index in [1.165, 1.54) is 18.2 Å². The van der Waals surface area contributed by atoms with E-state index >= 15 is 0 Å². The molecule has 0 amide bonds. The van der Waals surface area contributed by atoms with Crippen LogP contribution in [0.1, 0.15) is 0 Å². The summed E-state index contributed by atoms with van der Waals surface area (Å²) < 4.78 is 23.1. The second-order valence-electron chi connectivity index (χ2n) is 2.31. The molecule has 0 fully saturated rings. The van der Waals surface area contributed by atoms with Crippen LogP contribution in [0.3, 0.4) is 0 Å². The van der Waals surface area contributed by atoms with Crippen molar-refractivity contribution in [3.8, 4) is 5.75 Å². The number of nitrogens with two attached hydrogens (primary N) is 1. The molecule has 0 atom stereocenters. The van der Waals surface area contributed by atoms with E-state index in [1.807, 2.05) is 4.72 Å². The van der Waals surface area contributed by atoms with Crippen molar-refractivity contribution < 1.29 is 13.5 Å². The van der Waals surface area contributed by atoms with Crippen LogP contribution in [0.5, 0.6) is 5.75 Å². The first-order chi connectivity index (χ1) is 5.88. The van der Waals surface area contributed by atoms with Gasteiger partial charge in [-0.15, -0.1) is 0 Å². The molecule has 13 heavy (non-hydrogen) atoms. The third kappa shape index (κ3) is 3.10. The molecule has 0 aliphatic carbocycles. The van der Waals surface area contributed by atoms with E-state index in [1.54, 1.807) is 0 Å². The molecule has 0 saturated carbocycles. The Morgan fingerprint density at radius 1 is 1.46 bits per heavy atom. The van der Waals surface area contributed by atoms with Gasteiger partial charge in [-0.3, -0.25) is 4.72 Å². The Kier molecular flexibility index (Phi) is 2.65. The van der Waals surface area contributed by atoms with E-state index in [-0.39, 0.29) is 16.5 Å². The maximum atomic E-state index is 10.6. The third-order valence-electron chi connectivity index (χ3n) is 1.21. The van der Waals surface area contributed by atoms with Crippen LogP contribution in [0.15, 0.2) is 18.2 Å². The van der Waals surface area contributed by atoms with Crippen molar-refractivity contribution in [3.05, 3.63) is 23.2 Å². The largest absolute Gasteiger partial charge is 0.506 e. The summed E-state index contributed by atoms with van der Waals surface area (Å²) in [6, 6.07) is 3.85. The van der Waals surface area contributed by atoms with Gasteiger partial charge in [-0.25, -0.2) is 5.14 Å². The first-order valence-corrected chi connectivity index (χ1v) is 5.10. The fourth-order valence-electron chi connectivity index (χ4n) is 0.735. The van der Waals surface area contributed by atoms with Crippen LogP contribution >= 0.6 is 11.6 Å². The Balaban J connectivity index is 2.99. The molecule has 4 N–H and O–H groups in total. The van der Waals surface area contributed by atoms with Crippen LogP contribution in [0, 0.1) is 0 Å². The fourth-order valence-corrected chi connectivity index (χ4v) is 1.37. The van der Waals surface area contributed by atoms with E-state index in [0.717, 1.165) is 0 Å². The second-order valence-corrected chi connectivity index (χ2v) is 4.01. The minimum absolute atomic E-state index is 0.0497. The summed E-state index contributed by atoms with van der Waals surface area (Å²) in [5, 5.41) is 13.8. The van der Waals surface area contributed by atoms with Gasteiger partial charge in [0.15, 0.2) is 0 Å². The summed E-state index contributed by atoms with van der Waals surface area (Å²) in [5.41, 5.74) is 0.199. The van der Waals surface area contributed by atoms with Gasteiger partial charge in [0.25, 0.3) is 10.2 Å². The molecule has 72 valence electrons. The number of rotatable bonds is 2. The van der Waals surface area contributed by atoms with Gasteiger partial charge >= 0.3 is 0 Å². The Bertz CT molecular complexity index is 418. The number of benzene rings is 1. The molecular formula is C6H7ClN2O3S. The van der Waals surface area contributed by atoms with Gasteiger partial charge in [0.2, 0.25) is 0 Å². The summed E-state index contributed by atoms with van der Waals surface area (Å²) in [6.07, 6.45) is 0. The van der Waals surface area contributed by atoms with Crippen LogP contribution in [0.2, 0.25) is 5.02 Å². The third-order valence-corrected chi connectivity index (χ3v) is 2.03. The highest BCUT2D eigenvalue weighted by Gasteiger charge is 2.04. The minimum Gasteiger partial charge on any atom is -0.506 e. The van der Waals surface area contributed by atoms with Gasteiger partial charge in [0.1, 0.15) is 5.75 Å². The number of hydrogen-bond donors (Lipinski definition) is 3. The SMILES string of the molecule is NS(=O)(=O)Nc1ccc(O)c(Cl)c1. The number of phenols is 1. The summed E-state index contributed by atoms with van der Waals surface area (Å²) >= 11 is 5.52. The maximum Gasteiger partial charge on any atom is 0.296 e. The van der Waals surface area contributed by atoms with Crippen molar-refractivity contribution in [1.82, 2.24) is 0 Å². The molecule has 1 rings (SSSR count). The molecule has 1 aromatic rings. The lowest BCUT2D eigenvalue weighted by atomic mass is 10.3. The maximum absolute atomic E-state index is 10.6. The summed E-state index contributed by atoms with van der Waals surface area (Å²) in [5.74, 6) is -0.123. The van der Waals surface area contributed by atoms with E-state index in [0.29, 0.717) is 0 Å². The highest BCUT2D eigenvalue weighted by molar-refractivity contribution is 7.90. The second kappa shape index (κ2) is 3.41. The highest BCUT2D eigenvalue weighted by Crippen LogP contribution is 2.26. The van der Waals surface area contributed by atoms with Crippen molar-refractivity contribution in [1.29, 1.82) is 0 Å². The van der Waals surface area contributed by atoms with E-state index in [2.05, 4.69) is 0 Å². The number of aromatic hydroxyl groups is 1. The molecule has 0 aliphatic heterocycles. The number of nitrogens with one attached hydrogen (secondary N) is 1. The van der Waals surface area contributed by atoms with Gasteiger partial charge in [-0.2, -0.15) is 8.42 Å². The van der Waals surface area contributed by atoms with Crippen molar-refractivity contribution in [2.45, 2.75) is 0 Å². The minimum atomic E-state index is -3.80. The molecule has 0 spiro atoms. The number of phenolic OH excluding ortho intramolecular Hbond substituents is 1. The number of halogens is 1. The molecule has 0 heterocycles. The standard InChI is InChI=1S/C6H7ClN2O3S/c7-5-3-4(1-2-6(5)10)9-13(8,11)12/h1-3,9-10H,(H2,8,11,12). The lowest BCUT2D eigenvalue weighted by molar-refractivity contribution is 0.475. The predicted molar refractivity (Wildman–Crippen MR) is 49.8 cm³/mol. The zero-order chi connectivity index (χ0) is 10.1. The van der Waals surface area contributed by atoms with Gasteiger partial charge in [0, 0.05) is 0 Å². The van der Waals surface area contributed by atoms with Gasteiger partial charge in [-0.05, 0) is 18.2 Å². The first-order valence-electron chi connectivity index (χ1n) is 3.17. The van der Waals surface area contributed by atoms with Crippen molar-refractivity contribution in [2.75, 3.05) is 4.72 Å². The average molecular weight is 223 g/mol. The molecule has 0 aliphatic rings. The fraction of sp³-hybridized carbons (Fsp3) is 0. The first kappa shape index (κ1) is 10.1. The zero-order valence-electron chi connectivity index (χ0n) is 6.36. The van der Waals surface area contributed by atoms with Crippen LogP contribution < -0.4 is 9.86 Å². The summed E-state index contributed by atoms with van der Waals surface area (Å²) in [7, 11) is -3.80. The molecule has 5 nitrogen and oxygen atoms in total. The van der Waals surface area contributed by atoms with E-state index < -0.39 is 10.2 Å².